The highest BCUT2D eigenvalue weighted by Gasteiger charge is 2.11. The standard InChI is InChI=1S/C6H14O.2C6H14.2C5H12O.C4H10/c1-4-6(2,3)5-7;4*1-3-5-6-4-2;1-3-4-2/h7H,4-5H2,1-3H3;2*3-6H2,1-2H3;2*3-5H2,1-2H3;3-4H2,1-2H3. The van der Waals surface area contributed by atoms with Gasteiger partial charge in [-0.25, -0.2) is 0 Å². The summed E-state index contributed by atoms with van der Waals surface area (Å²) in [6.45, 7) is 31.5. The minimum absolute atomic E-state index is 0.139. The summed E-state index contributed by atoms with van der Waals surface area (Å²) in [5.74, 6) is 0. The van der Waals surface area contributed by atoms with Crippen molar-refractivity contribution >= 4 is 0 Å². The topological polar surface area (TPSA) is 38.7 Å². The Labute approximate surface area is 226 Å². The highest BCUT2D eigenvalue weighted by Crippen LogP contribution is 2.16. The Morgan fingerprint density at radius 3 is 0.800 bits per heavy atom. The molecule has 0 saturated carbocycles. The van der Waals surface area contributed by atoms with Gasteiger partial charge in [0.1, 0.15) is 0 Å². The molecule has 0 saturated heterocycles. The fourth-order valence-corrected chi connectivity index (χ4v) is 1.69. The number of aliphatic hydroxyl groups excluding tert-OH is 1. The first kappa shape index (κ1) is 48.0. The van der Waals surface area contributed by atoms with Crippen molar-refractivity contribution in [2.45, 2.75) is 173 Å². The number of ether oxygens (including phenoxy) is 2. The lowest BCUT2D eigenvalue weighted by molar-refractivity contribution is 0.148. The van der Waals surface area contributed by atoms with Gasteiger partial charge in [0, 0.05) is 33.0 Å². The van der Waals surface area contributed by atoms with Crippen LogP contribution in [0.15, 0.2) is 0 Å². The summed E-state index contributed by atoms with van der Waals surface area (Å²) < 4.78 is 9.97. The zero-order valence-corrected chi connectivity index (χ0v) is 27.5. The fourth-order valence-electron chi connectivity index (χ4n) is 1.69. The molecule has 0 aromatic carbocycles. The minimum atomic E-state index is 0.139. The molecule has 0 fully saturated rings. The highest BCUT2D eigenvalue weighted by atomic mass is 16.5. The molecule has 0 amide bonds. The molecule has 0 aliphatic carbocycles. The van der Waals surface area contributed by atoms with Crippen LogP contribution in [0.25, 0.3) is 0 Å². The molecule has 0 spiro atoms. The average Bonchev–Trinajstić information content (AvgIpc) is 2.89. The lowest BCUT2D eigenvalue weighted by atomic mass is 9.92. The van der Waals surface area contributed by atoms with Gasteiger partial charge in [0.05, 0.1) is 0 Å². The second-order valence-electron chi connectivity index (χ2n) is 9.48. The third-order valence-corrected chi connectivity index (χ3v) is 4.90. The summed E-state index contributed by atoms with van der Waals surface area (Å²) in [5.41, 5.74) is 0.139. The van der Waals surface area contributed by atoms with Gasteiger partial charge < -0.3 is 14.6 Å². The summed E-state index contributed by atoms with van der Waals surface area (Å²) in [6, 6.07) is 0. The number of unbranched alkanes of at least 4 members (excludes halogenated alkanes) is 7. The second-order valence-corrected chi connectivity index (χ2v) is 9.48. The van der Waals surface area contributed by atoms with Crippen LogP contribution in [0, 0.1) is 5.41 Å². The van der Waals surface area contributed by atoms with Crippen LogP contribution in [0.4, 0.5) is 0 Å². The number of aliphatic hydroxyl groups is 1. The molecule has 0 bridgehead atoms. The molecule has 3 heteroatoms. The SMILES string of the molecule is CCC(C)(C)CO.CCCC.CCCCCC.CCCCCC.CCCOCC.CCCOCC. The van der Waals surface area contributed by atoms with Crippen molar-refractivity contribution in [2.75, 3.05) is 33.0 Å². The van der Waals surface area contributed by atoms with E-state index < -0.39 is 0 Å². The summed E-state index contributed by atoms with van der Waals surface area (Å²) in [5, 5.41) is 8.59. The first-order chi connectivity index (χ1) is 16.7. The van der Waals surface area contributed by atoms with E-state index in [4.69, 9.17) is 14.6 Å². The van der Waals surface area contributed by atoms with Gasteiger partial charge in [0.25, 0.3) is 0 Å². The van der Waals surface area contributed by atoms with Crippen molar-refractivity contribution in [3.05, 3.63) is 0 Å². The summed E-state index contributed by atoms with van der Waals surface area (Å²) >= 11 is 0. The molecule has 0 heterocycles. The molecule has 0 rings (SSSR count). The molecule has 0 aliphatic rings. The van der Waals surface area contributed by atoms with Crippen molar-refractivity contribution in [1.82, 2.24) is 0 Å². The molecule has 0 aliphatic heterocycles. The van der Waals surface area contributed by atoms with E-state index in [9.17, 15) is 0 Å². The van der Waals surface area contributed by atoms with Crippen molar-refractivity contribution < 1.29 is 14.6 Å². The van der Waals surface area contributed by atoms with Crippen LogP contribution in [0.5, 0.6) is 0 Å². The van der Waals surface area contributed by atoms with Gasteiger partial charge in [-0.1, -0.05) is 140 Å². The lowest BCUT2D eigenvalue weighted by Crippen LogP contribution is -2.14. The Morgan fingerprint density at radius 1 is 0.457 bits per heavy atom. The van der Waals surface area contributed by atoms with Crippen LogP contribution in [0.1, 0.15) is 173 Å². The number of hydrogen-bond donors (Lipinski definition) is 1. The molecule has 222 valence electrons. The summed E-state index contributed by atoms with van der Waals surface area (Å²) in [6.07, 6.45) is 17.0. The maximum absolute atomic E-state index is 8.59. The summed E-state index contributed by atoms with van der Waals surface area (Å²) in [7, 11) is 0. The third kappa shape index (κ3) is 96.6. The Bertz CT molecular complexity index is 199. The second kappa shape index (κ2) is 54.7. The molecule has 0 unspecified atom stereocenters. The zero-order chi connectivity index (χ0) is 28.6. The Balaban J connectivity index is -0.0000000726. The lowest BCUT2D eigenvalue weighted by Gasteiger charge is -2.17. The molecule has 1 N–H and O–H groups in total. The summed E-state index contributed by atoms with van der Waals surface area (Å²) in [4.78, 5) is 0. The quantitative estimate of drug-likeness (QED) is 0.223. The predicted octanol–water partition coefficient (Wildman–Crippen LogP) is 11.3. The average molecular weight is 509 g/mol. The van der Waals surface area contributed by atoms with Gasteiger partial charge in [0.2, 0.25) is 0 Å². The van der Waals surface area contributed by atoms with Crippen molar-refractivity contribution in [2.24, 2.45) is 5.41 Å². The zero-order valence-electron chi connectivity index (χ0n) is 27.5. The van der Waals surface area contributed by atoms with E-state index in [1.54, 1.807) is 0 Å². The van der Waals surface area contributed by atoms with Crippen LogP contribution < -0.4 is 0 Å². The van der Waals surface area contributed by atoms with Gasteiger partial charge in [-0.3, -0.25) is 0 Å². The van der Waals surface area contributed by atoms with Crippen molar-refractivity contribution in [3.8, 4) is 0 Å². The Kier molecular flexibility index (Phi) is 75.0. The van der Waals surface area contributed by atoms with E-state index in [1.807, 2.05) is 27.7 Å². The maximum atomic E-state index is 8.59. The molecule has 3 nitrogen and oxygen atoms in total. The van der Waals surface area contributed by atoms with Crippen LogP contribution in [0.3, 0.4) is 0 Å². The molecule has 0 aromatic heterocycles. The maximum Gasteiger partial charge on any atom is 0.0482 e. The minimum Gasteiger partial charge on any atom is -0.396 e. The number of hydrogen-bond acceptors (Lipinski definition) is 3. The molecular weight excluding hydrogens is 432 g/mol. The molecule has 35 heavy (non-hydrogen) atoms. The van der Waals surface area contributed by atoms with E-state index >= 15 is 0 Å². The fraction of sp³-hybridized carbons (Fsp3) is 1.00. The van der Waals surface area contributed by atoms with Crippen molar-refractivity contribution in [1.29, 1.82) is 0 Å². The van der Waals surface area contributed by atoms with E-state index in [1.165, 1.54) is 64.2 Å². The van der Waals surface area contributed by atoms with Crippen LogP contribution in [0.2, 0.25) is 0 Å². The monoisotopic (exact) mass is 509 g/mol. The Hall–Kier alpha value is -0.120. The molecule has 0 aromatic rings. The van der Waals surface area contributed by atoms with Gasteiger partial charge in [-0.15, -0.1) is 0 Å². The van der Waals surface area contributed by atoms with Crippen LogP contribution in [-0.4, -0.2) is 38.1 Å². The third-order valence-electron chi connectivity index (χ3n) is 4.90. The first-order valence-corrected chi connectivity index (χ1v) is 15.5. The first-order valence-electron chi connectivity index (χ1n) is 15.5. The Morgan fingerprint density at radius 2 is 0.743 bits per heavy atom. The molecule has 0 radical (unpaired) electrons. The molecule has 0 atom stereocenters. The van der Waals surface area contributed by atoms with Gasteiger partial charge in [-0.05, 0) is 38.5 Å². The largest absolute Gasteiger partial charge is 0.396 e. The van der Waals surface area contributed by atoms with Gasteiger partial charge >= 0.3 is 0 Å². The van der Waals surface area contributed by atoms with E-state index in [2.05, 4.69) is 62.3 Å². The van der Waals surface area contributed by atoms with Crippen LogP contribution >= 0.6 is 0 Å². The van der Waals surface area contributed by atoms with E-state index in [0.717, 1.165) is 45.7 Å². The van der Waals surface area contributed by atoms with Crippen LogP contribution in [-0.2, 0) is 9.47 Å². The van der Waals surface area contributed by atoms with Gasteiger partial charge in [-0.2, -0.15) is 0 Å². The normalized spacial score (nSPS) is 9.43. The van der Waals surface area contributed by atoms with Gasteiger partial charge in [0.15, 0.2) is 0 Å². The number of rotatable bonds is 15. The predicted molar refractivity (Wildman–Crippen MR) is 165 cm³/mol. The van der Waals surface area contributed by atoms with E-state index in [-0.39, 0.29) is 5.41 Å². The highest BCUT2D eigenvalue weighted by molar-refractivity contribution is 4.62. The smallest absolute Gasteiger partial charge is 0.0482 e. The van der Waals surface area contributed by atoms with E-state index in [0.29, 0.717) is 6.61 Å². The molecular formula is C32H76O3. The van der Waals surface area contributed by atoms with Crippen molar-refractivity contribution in [3.63, 3.8) is 0 Å².